The Morgan fingerprint density at radius 1 is 1.39 bits per heavy atom. The number of benzene rings is 1. The van der Waals surface area contributed by atoms with Crippen LogP contribution < -0.4 is 16.8 Å². The van der Waals surface area contributed by atoms with E-state index in [4.69, 9.17) is 11.5 Å². The third-order valence-corrected chi connectivity index (χ3v) is 2.82. The van der Waals surface area contributed by atoms with Crippen molar-refractivity contribution in [2.45, 2.75) is 25.8 Å². The number of hydrogen-bond acceptors (Lipinski definition) is 3. The molecule has 2 amide bonds. The van der Waals surface area contributed by atoms with Crippen LogP contribution in [0.5, 0.6) is 0 Å². The molecule has 18 heavy (non-hydrogen) atoms. The normalized spacial score (nSPS) is 11.1. The fourth-order valence-electron chi connectivity index (χ4n) is 1.59. The molecule has 0 spiro atoms. The van der Waals surface area contributed by atoms with Crippen molar-refractivity contribution in [2.75, 3.05) is 5.73 Å². The summed E-state index contributed by atoms with van der Waals surface area (Å²) in [5, 5.41) is 2.73. The first-order chi connectivity index (χ1) is 8.21. The Labute approximate surface area is 114 Å². The number of hydrogen-bond donors (Lipinski definition) is 3. The Hall–Kier alpha value is -1.56. The molecule has 0 aliphatic carbocycles. The first-order valence-electron chi connectivity index (χ1n) is 5.37. The van der Waals surface area contributed by atoms with E-state index in [0.29, 0.717) is 11.3 Å². The summed E-state index contributed by atoms with van der Waals surface area (Å²) in [7, 11) is 0. The molecule has 98 valence electrons. The molecule has 0 aliphatic rings. The van der Waals surface area contributed by atoms with Gasteiger partial charge in [-0.15, -0.1) is 0 Å². The van der Waals surface area contributed by atoms with E-state index in [1.165, 1.54) is 0 Å². The van der Waals surface area contributed by atoms with Crippen LogP contribution in [0.1, 0.15) is 30.6 Å². The standard InChI is InChI=1S/C12H16BrN3O2/c1-12(2,6-10(15)17)16-11(18)8-4-3-7(13)5-9(8)14/h3-5H,6,14H2,1-2H3,(H2,15,17)(H,16,18). The smallest absolute Gasteiger partial charge is 0.253 e. The summed E-state index contributed by atoms with van der Waals surface area (Å²) in [6, 6.07) is 5.00. The van der Waals surface area contributed by atoms with Crippen LogP contribution in [0.4, 0.5) is 5.69 Å². The summed E-state index contributed by atoms with van der Waals surface area (Å²) >= 11 is 3.27. The van der Waals surface area contributed by atoms with Crippen LogP contribution in [-0.2, 0) is 4.79 Å². The maximum absolute atomic E-state index is 12.0. The second-order valence-corrected chi connectivity index (χ2v) is 5.63. The van der Waals surface area contributed by atoms with E-state index >= 15 is 0 Å². The fourth-order valence-corrected chi connectivity index (χ4v) is 1.97. The summed E-state index contributed by atoms with van der Waals surface area (Å²) < 4.78 is 0.799. The molecule has 0 saturated carbocycles. The molecule has 0 fully saturated rings. The monoisotopic (exact) mass is 313 g/mol. The van der Waals surface area contributed by atoms with Gasteiger partial charge in [-0.1, -0.05) is 15.9 Å². The van der Waals surface area contributed by atoms with Crippen molar-refractivity contribution in [3.63, 3.8) is 0 Å². The van der Waals surface area contributed by atoms with E-state index < -0.39 is 11.4 Å². The number of anilines is 1. The van der Waals surface area contributed by atoms with E-state index in [-0.39, 0.29) is 12.3 Å². The van der Waals surface area contributed by atoms with E-state index in [1.54, 1.807) is 32.0 Å². The highest BCUT2D eigenvalue weighted by Crippen LogP contribution is 2.19. The van der Waals surface area contributed by atoms with Crippen molar-refractivity contribution in [2.24, 2.45) is 5.73 Å². The zero-order valence-corrected chi connectivity index (χ0v) is 11.9. The largest absolute Gasteiger partial charge is 0.398 e. The summed E-state index contributed by atoms with van der Waals surface area (Å²) in [5.41, 5.74) is 10.9. The van der Waals surface area contributed by atoms with Crippen LogP contribution in [0.2, 0.25) is 0 Å². The van der Waals surface area contributed by atoms with Gasteiger partial charge in [0.25, 0.3) is 5.91 Å². The average molecular weight is 314 g/mol. The topological polar surface area (TPSA) is 98.2 Å². The van der Waals surface area contributed by atoms with Gasteiger partial charge in [-0.25, -0.2) is 0 Å². The highest BCUT2D eigenvalue weighted by Gasteiger charge is 2.24. The lowest BCUT2D eigenvalue weighted by atomic mass is 9.99. The quantitative estimate of drug-likeness (QED) is 0.733. The van der Waals surface area contributed by atoms with Crippen molar-refractivity contribution < 1.29 is 9.59 Å². The Bertz CT molecular complexity index is 486. The molecule has 0 heterocycles. The van der Waals surface area contributed by atoms with Crippen molar-refractivity contribution in [3.05, 3.63) is 28.2 Å². The number of primary amides is 1. The van der Waals surface area contributed by atoms with Gasteiger partial charge >= 0.3 is 0 Å². The Balaban J connectivity index is 2.85. The third kappa shape index (κ3) is 4.03. The predicted molar refractivity (Wildman–Crippen MR) is 73.9 cm³/mol. The molecule has 0 aliphatic heterocycles. The fraction of sp³-hybridized carbons (Fsp3) is 0.333. The van der Waals surface area contributed by atoms with Crippen LogP contribution in [0.15, 0.2) is 22.7 Å². The molecule has 0 saturated heterocycles. The molecular weight excluding hydrogens is 298 g/mol. The van der Waals surface area contributed by atoms with Gasteiger partial charge in [0.15, 0.2) is 0 Å². The van der Waals surface area contributed by atoms with Gasteiger partial charge in [0.05, 0.1) is 5.56 Å². The van der Waals surface area contributed by atoms with Gasteiger partial charge in [-0.2, -0.15) is 0 Å². The lowest BCUT2D eigenvalue weighted by Gasteiger charge is -2.25. The first kappa shape index (κ1) is 14.5. The number of halogens is 1. The summed E-state index contributed by atoms with van der Waals surface area (Å²) in [6.07, 6.45) is 0.0647. The van der Waals surface area contributed by atoms with Crippen LogP contribution >= 0.6 is 15.9 Å². The lowest BCUT2D eigenvalue weighted by Crippen LogP contribution is -2.46. The highest BCUT2D eigenvalue weighted by atomic mass is 79.9. The van der Waals surface area contributed by atoms with Gasteiger partial charge < -0.3 is 16.8 Å². The summed E-state index contributed by atoms with van der Waals surface area (Å²) in [5.74, 6) is -0.796. The molecule has 1 aromatic carbocycles. The number of carbonyl (C=O) groups excluding carboxylic acids is 2. The molecule has 1 aromatic rings. The molecule has 0 bridgehead atoms. The van der Waals surface area contributed by atoms with E-state index in [9.17, 15) is 9.59 Å². The van der Waals surface area contributed by atoms with Crippen LogP contribution in [-0.4, -0.2) is 17.4 Å². The molecule has 1 rings (SSSR count). The predicted octanol–water partition coefficient (Wildman–Crippen LogP) is 1.42. The molecule has 0 radical (unpaired) electrons. The molecule has 6 heteroatoms. The molecule has 0 aromatic heterocycles. The Morgan fingerprint density at radius 3 is 2.50 bits per heavy atom. The zero-order valence-electron chi connectivity index (χ0n) is 10.3. The maximum atomic E-state index is 12.0. The van der Waals surface area contributed by atoms with Gasteiger partial charge in [0.2, 0.25) is 5.91 Å². The molecule has 0 unspecified atom stereocenters. The average Bonchev–Trinajstić information content (AvgIpc) is 2.13. The highest BCUT2D eigenvalue weighted by molar-refractivity contribution is 9.10. The van der Waals surface area contributed by atoms with Gasteiger partial charge in [-0.3, -0.25) is 9.59 Å². The van der Waals surface area contributed by atoms with Gasteiger partial charge in [0.1, 0.15) is 0 Å². The summed E-state index contributed by atoms with van der Waals surface area (Å²) in [6.45, 7) is 3.45. The van der Waals surface area contributed by atoms with E-state index in [2.05, 4.69) is 21.2 Å². The molecular formula is C12H16BrN3O2. The summed E-state index contributed by atoms with van der Waals surface area (Å²) in [4.78, 5) is 22.9. The van der Waals surface area contributed by atoms with Crippen molar-refractivity contribution in [3.8, 4) is 0 Å². The van der Waals surface area contributed by atoms with E-state index in [0.717, 1.165) is 4.47 Å². The molecule has 5 nitrogen and oxygen atoms in total. The second kappa shape index (κ2) is 5.39. The minimum absolute atomic E-state index is 0.0647. The van der Waals surface area contributed by atoms with Crippen LogP contribution in [0.25, 0.3) is 0 Å². The molecule has 5 N–H and O–H groups in total. The molecule has 0 atom stereocenters. The second-order valence-electron chi connectivity index (χ2n) is 4.71. The number of nitrogen functional groups attached to an aromatic ring is 1. The SMILES string of the molecule is CC(C)(CC(N)=O)NC(=O)c1ccc(Br)cc1N. The van der Waals surface area contributed by atoms with E-state index in [1.807, 2.05) is 0 Å². The van der Waals surface area contributed by atoms with Crippen LogP contribution in [0.3, 0.4) is 0 Å². The number of nitrogens with one attached hydrogen (secondary N) is 1. The van der Waals surface area contributed by atoms with Crippen LogP contribution in [0, 0.1) is 0 Å². The van der Waals surface area contributed by atoms with Crippen molar-refractivity contribution in [1.82, 2.24) is 5.32 Å². The first-order valence-corrected chi connectivity index (χ1v) is 6.16. The van der Waals surface area contributed by atoms with Crippen molar-refractivity contribution >= 4 is 33.4 Å². The Morgan fingerprint density at radius 2 is 2.00 bits per heavy atom. The zero-order chi connectivity index (χ0) is 13.9. The maximum Gasteiger partial charge on any atom is 0.253 e. The third-order valence-electron chi connectivity index (χ3n) is 2.33. The minimum atomic E-state index is -0.706. The minimum Gasteiger partial charge on any atom is -0.398 e. The number of carbonyl (C=O) groups is 2. The van der Waals surface area contributed by atoms with Gasteiger partial charge in [0, 0.05) is 22.1 Å². The lowest BCUT2D eigenvalue weighted by molar-refractivity contribution is -0.119. The Kier molecular flexibility index (Phi) is 4.34. The van der Waals surface area contributed by atoms with Gasteiger partial charge in [-0.05, 0) is 32.0 Å². The number of amides is 2. The number of nitrogens with two attached hydrogens (primary N) is 2. The van der Waals surface area contributed by atoms with Crippen molar-refractivity contribution in [1.29, 1.82) is 0 Å². The number of rotatable bonds is 4.